The number of H-pyrrole nitrogens is 2. The normalized spacial score (nSPS) is 13.3. The molecule has 10 nitrogen and oxygen atoms in total. The number of rotatable bonds is 7. The van der Waals surface area contributed by atoms with Gasteiger partial charge in [0.15, 0.2) is 0 Å². The Hall–Kier alpha value is -5.12. The minimum Gasteiger partial charge on any atom is -0.465 e. The summed E-state index contributed by atoms with van der Waals surface area (Å²) in [6, 6.07) is 20.0. The molecule has 0 aliphatic carbocycles. The van der Waals surface area contributed by atoms with Gasteiger partial charge in [0.2, 0.25) is 0 Å². The molecule has 0 aliphatic heterocycles. The van der Waals surface area contributed by atoms with Crippen LogP contribution in [0.3, 0.4) is 0 Å². The summed E-state index contributed by atoms with van der Waals surface area (Å²) in [6.45, 7) is 14.8. The molecule has 2 heterocycles. The lowest BCUT2D eigenvalue weighted by Gasteiger charge is -2.37. The molecule has 0 radical (unpaired) electrons. The molecule has 0 unspecified atom stereocenters. The van der Waals surface area contributed by atoms with Gasteiger partial charge in [0.1, 0.15) is 17.2 Å². The fourth-order valence-electron chi connectivity index (χ4n) is 5.53. The number of carbonyl (C=O) groups excluding carboxylic acids is 1. The van der Waals surface area contributed by atoms with Crippen LogP contribution in [0.15, 0.2) is 73.1 Å². The van der Waals surface area contributed by atoms with Crippen LogP contribution in [-0.2, 0) is 4.74 Å². The molecule has 2 atom stereocenters. The van der Waals surface area contributed by atoms with Crippen molar-refractivity contribution in [2.75, 3.05) is 0 Å². The minimum atomic E-state index is -0.983. The maximum Gasteiger partial charge on any atom is 0.408 e. The smallest absolute Gasteiger partial charge is 0.408 e. The molecule has 3 aromatic carbocycles. The Balaban J connectivity index is 1.29. The number of carbonyl (C=O) groups is 2. The number of nitrogens with one attached hydrogen (secondary N) is 3. The second-order valence-electron chi connectivity index (χ2n) is 13.6. The molecule has 0 fully saturated rings. The lowest BCUT2D eigenvalue weighted by molar-refractivity contribution is 0.0505. The van der Waals surface area contributed by atoms with Gasteiger partial charge >= 0.3 is 12.2 Å². The number of hydrogen-bond acceptors (Lipinski definition) is 5. The van der Waals surface area contributed by atoms with Crippen molar-refractivity contribution in [3.63, 3.8) is 0 Å². The van der Waals surface area contributed by atoms with Crippen molar-refractivity contribution < 1.29 is 19.4 Å². The molecule has 2 aromatic heterocycles. The van der Waals surface area contributed by atoms with Crippen molar-refractivity contribution >= 4 is 23.0 Å². The fourth-order valence-corrected chi connectivity index (χ4v) is 5.53. The van der Waals surface area contributed by atoms with Gasteiger partial charge in [0.05, 0.1) is 23.5 Å². The standard InChI is InChI=1S/C36H42N6O4/c1-21(39-33(43)46-36(6,7)8)31-37-20-30(40-31)28-16-15-26-17-25(13-14-27(26)18-28)23-9-11-24(12-10-23)29-19-38-32(41-29)22(2)42(34(44)45)35(3,4)5/h9-22H,1-8H3,(H,37,40)(H,38,41)(H,39,43)(H,44,45)/t21-,22-/m0/s1. The first-order chi connectivity index (χ1) is 21.6. The lowest BCUT2D eigenvalue weighted by atomic mass is 9.98. The van der Waals surface area contributed by atoms with E-state index in [-0.39, 0.29) is 6.04 Å². The number of fused-ring (bicyclic) bond motifs is 1. The van der Waals surface area contributed by atoms with E-state index in [1.165, 1.54) is 4.90 Å². The SMILES string of the molecule is C[C@H](NC(=O)OC(C)(C)C)c1nc(-c2ccc3cc(-c4ccc(-c5c[nH]c([C@H](C)N(C(=O)O)C(C)(C)C)n5)cc4)ccc3c2)c[nH]1. The van der Waals surface area contributed by atoms with Gasteiger partial charge in [-0.1, -0.05) is 48.5 Å². The first kappa shape index (κ1) is 32.3. The van der Waals surface area contributed by atoms with E-state index in [1.807, 2.05) is 86.0 Å². The molecular weight excluding hydrogens is 580 g/mol. The van der Waals surface area contributed by atoms with Crippen LogP contribution in [0.1, 0.15) is 79.1 Å². The van der Waals surface area contributed by atoms with Crippen LogP contribution in [0, 0.1) is 0 Å². The van der Waals surface area contributed by atoms with Crippen LogP contribution in [0.2, 0.25) is 0 Å². The van der Waals surface area contributed by atoms with Crippen LogP contribution < -0.4 is 5.32 Å². The number of nitrogens with zero attached hydrogens (tertiary/aromatic N) is 3. The van der Waals surface area contributed by atoms with Crippen LogP contribution in [0.4, 0.5) is 9.59 Å². The second kappa shape index (κ2) is 12.3. The highest BCUT2D eigenvalue weighted by atomic mass is 16.6. The van der Waals surface area contributed by atoms with E-state index in [9.17, 15) is 14.7 Å². The first-order valence-electron chi connectivity index (χ1n) is 15.4. The molecule has 4 N–H and O–H groups in total. The van der Waals surface area contributed by atoms with Gasteiger partial charge in [0.25, 0.3) is 0 Å². The number of amides is 2. The van der Waals surface area contributed by atoms with Crippen molar-refractivity contribution in [3.8, 4) is 33.6 Å². The summed E-state index contributed by atoms with van der Waals surface area (Å²) in [6.07, 6.45) is 2.19. The minimum absolute atomic E-state index is 0.340. The predicted molar refractivity (Wildman–Crippen MR) is 180 cm³/mol. The summed E-state index contributed by atoms with van der Waals surface area (Å²) in [5.41, 5.74) is 4.49. The zero-order valence-corrected chi connectivity index (χ0v) is 27.6. The van der Waals surface area contributed by atoms with E-state index in [1.54, 1.807) is 0 Å². The number of alkyl carbamates (subject to hydrolysis) is 1. The van der Waals surface area contributed by atoms with Gasteiger partial charge in [-0.3, -0.25) is 4.90 Å². The predicted octanol–water partition coefficient (Wildman–Crippen LogP) is 8.71. The average Bonchev–Trinajstić information content (AvgIpc) is 3.66. The Morgan fingerprint density at radius 1 is 0.761 bits per heavy atom. The van der Waals surface area contributed by atoms with Gasteiger partial charge in [-0.2, -0.15) is 0 Å². The Labute approximate surface area is 269 Å². The average molecular weight is 623 g/mol. The fraction of sp³-hybridized carbons (Fsp3) is 0.333. The number of hydrogen-bond donors (Lipinski definition) is 4. The molecule has 46 heavy (non-hydrogen) atoms. The molecule has 0 aliphatic rings. The van der Waals surface area contributed by atoms with Gasteiger partial charge < -0.3 is 25.1 Å². The quantitative estimate of drug-likeness (QED) is 0.143. The zero-order valence-electron chi connectivity index (χ0n) is 27.6. The molecule has 5 rings (SSSR count). The molecule has 0 bridgehead atoms. The van der Waals surface area contributed by atoms with Crippen LogP contribution >= 0.6 is 0 Å². The van der Waals surface area contributed by atoms with Gasteiger partial charge in [-0.05, 0) is 89.4 Å². The van der Waals surface area contributed by atoms with Crippen molar-refractivity contribution in [1.29, 1.82) is 0 Å². The van der Waals surface area contributed by atoms with Crippen molar-refractivity contribution in [2.24, 2.45) is 0 Å². The van der Waals surface area contributed by atoms with Gasteiger partial charge in [-0.15, -0.1) is 0 Å². The van der Waals surface area contributed by atoms with Gasteiger partial charge in [0, 0.05) is 29.1 Å². The zero-order chi connectivity index (χ0) is 33.4. The van der Waals surface area contributed by atoms with Gasteiger partial charge in [-0.25, -0.2) is 19.6 Å². The number of carboxylic acid groups (broad SMARTS) is 1. The highest BCUT2D eigenvalue weighted by Gasteiger charge is 2.33. The summed E-state index contributed by atoms with van der Waals surface area (Å²) in [5.74, 6) is 1.25. The van der Waals surface area contributed by atoms with E-state index in [0.717, 1.165) is 44.4 Å². The van der Waals surface area contributed by atoms with Crippen molar-refractivity contribution in [1.82, 2.24) is 30.2 Å². The van der Waals surface area contributed by atoms with E-state index in [4.69, 9.17) is 14.7 Å². The van der Waals surface area contributed by atoms with Crippen molar-refractivity contribution in [2.45, 2.75) is 78.6 Å². The van der Waals surface area contributed by atoms with Crippen molar-refractivity contribution in [3.05, 3.63) is 84.7 Å². The third-order valence-corrected chi connectivity index (χ3v) is 7.70. The summed E-state index contributed by atoms with van der Waals surface area (Å²) in [5, 5.41) is 14.8. The topological polar surface area (TPSA) is 136 Å². The molecule has 0 saturated heterocycles. The Kier molecular flexibility index (Phi) is 8.66. The van der Waals surface area contributed by atoms with E-state index in [2.05, 4.69) is 57.7 Å². The van der Waals surface area contributed by atoms with Crippen LogP contribution in [0.5, 0.6) is 0 Å². The van der Waals surface area contributed by atoms with E-state index >= 15 is 0 Å². The summed E-state index contributed by atoms with van der Waals surface area (Å²) in [7, 11) is 0. The third-order valence-electron chi connectivity index (χ3n) is 7.70. The van der Waals surface area contributed by atoms with Crippen LogP contribution in [-0.4, -0.2) is 53.3 Å². The summed E-state index contributed by atoms with van der Waals surface area (Å²) in [4.78, 5) is 41.3. The first-order valence-corrected chi connectivity index (χ1v) is 15.4. The number of aromatic amines is 2. The maximum absolute atomic E-state index is 12.2. The molecule has 2 amide bonds. The van der Waals surface area contributed by atoms with Crippen LogP contribution in [0.25, 0.3) is 44.4 Å². The largest absolute Gasteiger partial charge is 0.465 e. The summed E-state index contributed by atoms with van der Waals surface area (Å²) < 4.78 is 5.36. The van der Waals surface area contributed by atoms with E-state index in [0.29, 0.717) is 11.6 Å². The number of aromatic nitrogens is 4. The Morgan fingerprint density at radius 2 is 1.26 bits per heavy atom. The Bertz CT molecular complexity index is 1860. The maximum atomic E-state index is 12.2. The molecule has 5 aromatic rings. The number of ether oxygens (including phenoxy) is 1. The molecular formula is C36H42N6O4. The summed E-state index contributed by atoms with van der Waals surface area (Å²) >= 11 is 0. The lowest BCUT2D eigenvalue weighted by Crippen LogP contribution is -2.46. The molecule has 0 saturated carbocycles. The number of imidazole rings is 2. The molecule has 240 valence electrons. The highest BCUT2D eigenvalue weighted by Crippen LogP contribution is 2.31. The van der Waals surface area contributed by atoms with E-state index < -0.39 is 29.4 Å². The third kappa shape index (κ3) is 7.22. The number of benzene rings is 3. The second-order valence-corrected chi connectivity index (χ2v) is 13.6. The highest BCUT2D eigenvalue weighted by molar-refractivity contribution is 5.90. The Morgan fingerprint density at radius 3 is 1.85 bits per heavy atom. The molecule has 0 spiro atoms. The molecule has 10 heteroatoms. The monoisotopic (exact) mass is 622 g/mol.